The highest BCUT2D eigenvalue weighted by atomic mass is 16.5. The number of nitrogens with zero attached hydrogens (tertiary/aromatic N) is 2. The molecule has 0 amide bonds. The first-order valence-corrected chi connectivity index (χ1v) is 4.20. The number of aromatic nitrogens is 2. The van der Waals surface area contributed by atoms with Crippen LogP contribution in [-0.4, -0.2) is 22.1 Å². The molecule has 6 heteroatoms. The van der Waals surface area contributed by atoms with Crippen molar-refractivity contribution >= 4 is 11.8 Å². The van der Waals surface area contributed by atoms with Gasteiger partial charge in [-0.05, 0) is 6.07 Å². The van der Waals surface area contributed by atoms with Crippen molar-refractivity contribution in [1.29, 1.82) is 0 Å². The van der Waals surface area contributed by atoms with Gasteiger partial charge in [-0.1, -0.05) is 0 Å². The van der Waals surface area contributed by atoms with Crippen molar-refractivity contribution in [3.05, 3.63) is 22.7 Å². The van der Waals surface area contributed by atoms with Crippen LogP contribution >= 0.6 is 0 Å². The van der Waals surface area contributed by atoms with Gasteiger partial charge in [0, 0.05) is 12.6 Å². The maximum Gasteiger partial charge on any atom is 0.350 e. The summed E-state index contributed by atoms with van der Waals surface area (Å²) in [7, 11) is 0. The number of hydrogen-bond donors (Lipinski definition) is 1. The lowest BCUT2D eigenvalue weighted by Crippen LogP contribution is -2.29. The van der Waals surface area contributed by atoms with Crippen molar-refractivity contribution in [2.45, 2.75) is 12.5 Å². The largest absolute Gasteiger partial charge is 0.464 e. The van der Waals surface area contributed by atoms with E-state index in [1.165, 1.54) is 16.8 Å². The molecule has 14 heavy (non-hydrogen) atoms. The van der Waals surface area contributed by atoms with Gasteiger partial charge in [0.25, 0.3) is 0 Å². The van der Waals surface area contributed by atoms with E-state index in [4.69, 9.17) is 10.5 Å². The third-order valence-corrected chi connectivity index (χ3v) is 2.09. The average molecular weight is 195 g/mol. The van der Waals surface area contributed by atoms with Gasteiger partial charge in [0.05, 0.1) is 6.61 Å². The number of rotatable bonds is 1. The van der Waals surface area contributed by atoms with E-state index in [1.807, 2.05) is 0 Å². The summed E-state index contributed by atoms with van der Waals surface area (Å²) in [5.41, 5.74) is 4.80. The third-order valence-electron chi connectivity index (χ3n) is 2.09. The van der Waals surface area contributed by atoms with Gasteiger partial charge in [0.15, 0.2) is 0 Å². The minimum Gasteiger partial charge on any atom is -0.464 e. The minimum atomic E-state index is -0.546. The fourth-order valence-electron chi connectivity index (χ4n) is 1.40. The lowest BCUT2D eigenvalue weighted by atomic mass is 10.2. The smallest absolute Gasteiger partial charge is 0.350 e. The van der Waals surface area contributed by atoms with E-state index < -0.39 is 17.7 Å². The molecular formula is C8H9N3O3. The van der Waals surface area contributed by atoms with Crippen LogP contribution in [0.15, 0.2) is 17.1 Å². The Morgan fingerprint density at radius 3 is 2.93 bits per heavy atom. The maximum atomic E-state index is 11.3. The third kappa shape index (κ3) is 1.34. The summed E-state index contributed by atoms with van der Waals surface area (Å²) in [6.07, 6.45) is 1.96. The zero-order chi connectivity index (χ0) is 10.1. The monoisotopic (exact) mass is 195 g/mol. The number of hydrogen-bond acceptors (Lipinski definition) is 5. The van der Waals surface area contributed by atoms with Crippen LogP contribution in [0.3, 0.4) is 0 Å². The quantitative estimate of drug-likeness (QED) is 0.599. The van der Waals surface area contributed by atoms with E-state index in [0.717, 1.165) is 0 Å². The molecule has 1 atom stereocenters. The van der Waals surface area contributed by atoms with E-state index in [2.05, 4.69) is 4.98 Å². The second-order valence-electron chi connectivity index (χ2n) is 3.01. The highest BCUT2D eigenvalue weighted by Gasteiger charge is 2.28. The summed E-state index contributed by atoms with van der Waals surface area (Å²) in [5, 5.41) is 0. The summed E-state index contributed by atoms with van der Waals surface area (Å²) >= 11 is 0. The summed E-state index contributed by atoms with van der Waals surface area (Å²) < 4.78 is 5.99. The fraction of sp³-hybridized carbons (Fsp3) is 0.375. The van der Waals surface area contributed by atoms with Gasteiger partial charge >= 0.3 is 11.7 Å². The van der Waals surface area contributed by atoms with Gasteiger partial charge < -0.3 is 10.5 Å². The van der Waals surface area contributed by atoms with Crippen molar-refractivity contribution in [1.82, 2.24) is 9.55 Å². The lowest BCUT2D eigenvalue weighted by molar-refractivity contribution is -0.140. The first kappa shape index (κ1) is 8.74. The van der Waals surface area contributed by atoms with Crippen molar-refractivity contribution in [3.63, 3.8) is 0 Å². The number of ether oxygens (including phenoxy) is 1. The molecule has 0 aliphatic carbocycles. The number of carbonyl (C=O) groups is 1. The Labute approximate surface area is 79.3 Å². The van der Waals surface area contributed by atoms with E-state index in [0.29, 0.717) is 13.0 Å². The predicted molar refractivity (Wildman–Crippen MR) is 47.5 cm³/mol. The molecule has 74 valence electrons. The molecule has 1 fully saturated rings. The average Bonchev–Trinajstić information content (AvgIpc) is 2.52. The van der Waals surface area contributed by atoms with Gasteiger partial charge in [-0.2, -0.15) is 4.98 Å². The van der Waals surface area contributed by atoms with Crippen molar-refractivity contribution in [2.24, 2.45) is 0 Å². The van der Waals surface area contributed by atoms with Gasteiger partial charge in [0.1, 0.15) is 11.9 Å². The molecule has 6 nitrogen and oxygen atoms in total. The Bertz CT molecular complexity index is 426. The number of cyclic esters (lactones) is 1. The van der Waals surface area contributed by atoms with Crippen LogP contribution < -0.4 is 11.4 Å². The number of anilines is 1. The molecule has 1 aromatic rings. The van der Waals surface area contributed by atoms with Gasteiger partial charge in [0.2, 0.25) is 0 Å². The van der Waals surface area contributed by atoms with E-state index in [9.17, 15) is 9.59 Å². The molecule has 0 radical (unpaired) electrons. The maximum absolute atomic E-state index is 11.3. The second kappa shape index (κ2) is 3.13. The van der Waals surface area contributed by atoms with Crippen LogP contribution in [0.1, 0.15) is 12.5 Å². The van der Waals surface area contributed by atoms with Crippen molar-refractivity contribution in [2.75, 3.05) is 12.3 Å². The normalized spacial score (nSPS) is 20.9. The molecule has 1 aromatic heterocycles. The second-order valence-corrected chi connectivity index (χ2v) is 3.01. The molecule has 0 aromatic carbocycles. The molecule has 2 N–H and O–H groups in total. The van der Waals surface area contributed by atoms with E-state index in [1.54, 1.807) is 0 Å². The van der Waals surface area contributed by atoms with Crippen molar-refractivity contribution < 1.29 is 9.53 Å². The molecule has 1 aliphatic heterocycles. The highest BCUT2D eigenvalue weighted by molar-refractivity contribution is 5.75. The van der Waals surface area contributed by atoms with Gasteiger partial charge in [-0.15, -0.1) is 0 Å². The fourth-order valence-corrected chi connectivity index (χ4v) is 1.40. The zero-order valence-electron chi connectivity index (χ0n) is 7.34. The molecule has 2 heterocycles. The molecule has 2 rings (SSSR count). The standard InChI is InChI=1S/C8H9N3O3/c9-6-1-3-11(8(13)10-6)5-2-4-14-7(5)12/h1,3,5H,2,4H2,(H2,9,10,13). The van der Waals surface area contributed by atoms with E-state index in [-0.39, 0.29) is 5.82 Å². The number of esters is 1. The summed E-state index contributed by atoms with van der Waals surface area (Å²) in [5.74, 6) is -0.240. The molecule has 0 bridgehead atoms. The first-order valence-electron chi connectivity index (χ1n) is 4.20. The van der Waals surface area contributed by atoms with Gasteiger partial charge in [-0.25, -0.2) is 9.59 Å². The number of carbonyl (C=O) groups excluding carboxylic acids is 1. The Morgan fingerprint density at radius 2 is 2.36 bits per heavy atom. The van der Waals surface area contributed by atoms with Gasteiger partial charge in [-0.3, -0.25) is 4.57 Å². The molecule has 1 aliphatic rings. The predicted octanol–water partition coefficient (Wildman–Crippen LogP) is -0.687. The SMILES string of the molecule is Nc1ccn(C2CCOC2=O)c(=O)n1. The summed E-state index contributed by atoms with van der Waals surface area (Å²) in [6.45, 7) is 0.348. The topological polar surface area (TPSA) is 87.2 Å². The van der Waals surface area contributed by atoms with Crippen LogP contribution in [0.25, 0.3) is 0 Å². The van der Waals surface area contributed by atoms with E-state index >= 15 is 0 Å². The van der Waals surface area contributed by atoms with Crippen LogP contribution in [0.5, 0.6) is 0 Å². The van der Waals surface area contributed by atoms with Crippen LogP contribution in [0, 0.1) is 0 Å². The highest BCUT2D eigenvalue weighted by Crippen LogP contribution is 2.18. The lowest BCUT2D eigenvalue weighted by Gasteiger charge is -2.08. The summed E-state index contributed by atoms with van der Waals surface area (Å²) in [4.78, 5) is 26.0. The Morgan fingerprint density at radius 1 is 1.57 bits per heavy atom. The molecule has 0 spiro atoms. The van der Waals surface area contributed by atoms with Crippen LogP contribution in [-0.2, 0) is 9.53 Å². The minimum absolute atomic E-state index is 0.151. The summed E-state index contributed by atoms with van der Waals surface area (Å²) in [6, 6.07) is 0.933. The number of nitrogen functional groups attached to an aromatic ring is 1. The molecular weight excluding hydrogens is 186 g/mol. The molecule has 1 saturated heterocycles. The Kier molecular flexibility index (Phi) is 1.95. The Hall–Kier alpha value is -1.85. The van der Waals surface area contributed by atoms with Crippen LogP contribution in [0.4, 0.5) is 5.82 Å². The molecule has 1 unspecified atom stereocenters. The zero-order valence-corrected chi connectivity index (χ0v) is 7.34. The van der Waals surface area contributed by atoms with Crippen molar-refractivity contribution in [3.8, 4) is 0 Å². The first-order chi connectivity index (χ1) is 6.68. The molecule has 0 saturated carbocycles. The van der Waals surface area contributed by atoms with Crippen LogP contribution in [0.2, 0.25) is 0 Å². The Balaban J connectivity index is 2.41. The number of nitrogens with two attached hydrogens (primary N) is 1.